The number of hydrogen-bond acceptors (Lipinski definition) is 5. The van der Waals surface area contributed by atoms with Crippen LogP contribution in [0.3, 0.4) is 0 Å². The highest BCUT2D eigenvalue weighted by Crippen LogP contribution is 2.32. The van der Waals surface area contributed by atoms with Crippen LogP contribution in [0.1, 0.15) is 0 Å². The molecule has 0 aliphatic carbocycles. The summed E-state index contributed by atoms with van der Waals surface area (Å²) in [6.07, 6.45) is 1.74. The molecule has 0 saturated heterocycles. The van der Waals surface area contributed by atoms with E-state index in [0.717, 1.165) is 39.2 Å². The molecule has 0 atom stereocenters. The second kappa shape index (κ2) is 6.84. The maximum absolute atomic E-state index is 10.9. The van der Waals surface area contributed by atoms with Crippen molar-refractivity contribution in [3.05, 3.63) is 83.0 Å². The number of hydrogen-bond donors (Lipinski definition) is 0. The summed E-state index contributed by atoms with van der Waals surface area (Å²) in [7, 11) is 1.63. The largest absolute Gasteiger partial charge is 0.497 e. The highest BCUT2D eigenvalue weighted by atomic mass is 16.6. The molecular formula is C21H15N3O3. The number of nitrogens with zero attached hydrogens (tertiary/aromatic N) is 3. The Balaban J connectivity index is 1.88. The van der Waals surface area contributed by atoms with Crippen molar-refractivity contribution in [2.75, 3.05) is 7.11 Å². The van der Waals surface area contributed by atoms with Crippen molar-refractivity contribution in [1.29, 1.82) is 0 Å². The Bertz CT molecular complexity index is 1120. The van der Waals surface area contributed by atoms with Gasteiger partial charge in [0, 0.05) is 29.5 Å². The van der Waals surface area contributed by atoms with Gasteiger partial charge < -0.3 is 4.74 Å². The van der Waals surface area contributed by atoms with Crippen LogP contribution in [0, 0.1) is 10.1 Å². The lowest BCUT2D eigenvalue weighted by molar-refractivity contribution is -0.384. The number of ether oxygens (including phenoxy) is 1. The first-order valence-electron chi connectivity index (χ1n) is 8.31. The average molecular weight is 357 g/mol. The molecule has 2 aromatic heterocycles. The van der Waals surface area contributed by atoms with Crippen LogP contribution in [-0.2, 0) is 0 Å². The number of pyridine rings is 2. The van der Waals surface area contributed by atoms with E-state index in [2.05, 4.69) is 9.97 Å². The summed E-state index contributed by atoms with van der Waals surface area (Å²) in [4.78, 5) is 19.6. The van der Waals surface area contributed by atoms with Crippen LogP contribution in [0.15, 0.2) is 72.9 Å². The van der Waals surface area contributed by atoms with E-state index >= 15 is 0 Å². The lowest BCUT2D eigenvalue weighted by atomic mass is 10.0. The minimum absolute atomic E-state index is 0.0524. The second-order valence-electron chi connectivity index (χ2n) is 5.96. The smallest absolute Gasteiger partial charge is 0.269 e. The molecule has 0 fully saturated rings. The van der Waals surface area contributed by atoms with Gasteiger partial charge in [0.1, 0.15) is 5.75 Å². The van der Waals surface area contributed by atoms with Crippen molar-refractivity contribution in [2.45, 2.75) is 0 Å². The summed E-state index contributed by atoms with van der Waals surface area (Å²) < 4.78 is 5.23. The summed E-state index contributed by atoms with van der Waals surface area (Å²) in [5.74, 6) is 0.778. The molecule has 2 heterocycles. The molecule has 132 valence electrons. The third-order valence-corrected chi connectivity index (χ3v) is 4.34. The normalized spacial score (nSPS) is 10.7. The highest BCUT2D eigenvalue weighted by molar-refractivity contribution is 5.93. The molecule has 4 rings (SSSR count). The van der Waals surface area contributed by atoms with Crippen molar-refractivity contribution >= 4 is 16.7 Å². The molecule has 0 N–H and O–H groups in total. The van der Waals surface area contributed by atoms with Gasteiger partial charge in [0.2, 0.25) is 0 Å². The zero-order chi connectivity index (χ0) is 18.8. The van der Waals surface area contributed by atoms with E-state index in [9.17, 15) is 10.1 Å². The number of fused-ring (bicyclic) bond motifs is 1. The second-order valence-corrected chi connectivity index (χ2v) is 5.96. The summed E-state index contributed by atoms with van der Waals surface area (Å²) in [6.45, 7) is 0. The van der Waals surface area contributed by atoms with Crippen LogP contribution >= 0.6 is 0 Å². The molecule has 0 radical (unpaired) electrons. The summed E-state index contributed by atoms with van der Waals surface area (Å²) in [6, 6.07) is 19.8. The molecule has 0 bridgehead atoms. The van der Waals surface area contributed by atoms with Crippen LogP contribution in [0.2, 0.25) is 0 Å². The fourth-order valence-corrected chi connectivity index (χ4v) is 2.95. The number of rotatable bonds is 4. The molecule has 4 aromatic rings. The van der Waals surface area contributed by atoms with Gasteiger partial charge in [-0.15, -0.1) is 0 Å². The van der Waals surface area contributed by atoms with Gasteiger partial charge in [0.25, 0.3) is 5.69 Å². The van der Waals surface area contributed by atoms with Crippen molar-refractivity contribution in [3.8, 4) is 28.1 Å². The fourth-order valence-electron chi connectivity index (χ4n) is 2.95. The molecule has 0 aliphatic rings. The Morgan fingerprint density at radius 3 is 2.33 bits per heavy atom. The molecule has 0 saturated carbocycles. The first kappa shape index (κ1) is 16.7. The quantitative estimate of drug-likeness (QED) is 0.384. The summed E-state index contributed by atoms with van der Waals surface area (Å²) >= 11 is 0. The molecule has 6 heteroatoms. The van der Waals surface area contributed by atoms with Gasteiger partial charge in [-0.3, -0.25) is 15.1 Å². The first-order chi connectivity index (χ1) is 13.2. The maximum Gasteiger partial charge on any atom is 0.269 e. The summed E-state index contributed by atoms with van der Waals surface area (Å²) in [5, 5.41) is 10.9. The van der Waals surface area contributed by atoms with Gasteiger partial charge in [-0.05, 0) is 48.0 Å². The van der Waals surface area contributed by atoms with E-state index in [1.54, 1.807) is 25.4 Å². The number of benzene rings is 2. The van der Waals surface area contributed by atoms with Gasteiger partial charge >= 0.3 is 0 Å². The molecule has 27 heavy (non-hydrogen) atoms. The summed E-state index contributed by atoms with van der Waals surface area (Å²) in [5.41, 5.74) is 5.09. The lowest BCUT2D eigenvalue weighted by Gasteiger charge is -2.10. The maximum atomic E-state index is 10.9. The van der Waals surface area contributed by atoms with Gasteiger partial charge in [0.05, 0.1) is 28.8 Å². The number of methoxy groups -OCH3 is 1. The molecule has 6 nitrogen and oxygen atoms in total. The Morgan fingerprint density at radius 2 is 1.67 bits per heavy atom. The van der Waals surface area contributed by atoms with E-state index in [1.807, 2.05) is 42.5 Å². The van der Waals surface area contributed by atoms with E-state index in [0.29, 0.717) is 0 Å². The molecular weight excluding hydrogens is 342 g/mol. The van der Waals surface area contributed by atoms with Crippen LogP contribution < -0.4 is 4.74 Å². The van der Waals surface area contributed by atoms with Gasteiger partial charge in [-0.25, -0.2) is 4.98 Å². The first-order valence-corrected chi connectivity index (χ1v) is 8.31. The molecule has 0 aliphatic heterocycles. The molecule has 0 spiro atoms. The van der Waals surface area contributed by atoms with Gasteiger partial charge in [-0.1, -0.05) is 12.1 Å². The van der Waals surface area contributed by atoms with Crippen molar-refractivity contribution in [1.82, 2.24) is 9.97 Å². The van der Waals surface area contributed by atoms with E-state index < -0.39 is 4.92 Å². The monoisotopic (exact) mass is 357 g/mol. The fraction of sp³-hybridized carbons (Fsp3) is 0.0476. The van der Waals surface area contributed by atoms with Crippen LogP contribution in [0.4, 0.5) is 5.69 Å². The predicted octanol–water partition coefficient (Wildman–Crippen LogP) is 4.88. The molecule has 0 amide bonds. The average Bonchev–Trinajstić information content (AvgIpc) is 2.73. The zero-order valence-corrected chi connectivity index (χ0v) is 14.5. The number of aromatic nitrogens is 2. The van der Waals surface area contributed by atoms with E-state index in [1.165, 1.54) is 12.1 Å². The highest BCUT2D eigenvalue weighted by Gasteiger charge is 2.12. The topological polar surface area (TPSA) is 78.2 Å². The third-order valence-electron chi connectivity index (χ3n) is 4.34. The van der Waals surface area contributed by atoms with Crippen molar-refractivity contribution in [2.24, 2.45) is 0 Å². The minimum Gasteiger partial charge on any atom is -0.497 e. The van der Waals surface area contributed by atoms with Crippen molar-refractivity contribution < 1.29 is 9.66 Å². The minimum atomic E-state index is -0.412. The Kier molecular flexibility index (Phi) is 4.22. The van der Waals surface area contributed by atoms with Crippen LogP contribution in [0.25, 0.3) is 33.4 Å². The van der Waals surface area contributed by atoms with Gasteiger partial charge in [0.15, 0.2) is 0 Å². The van der Waals surface area contributed by atoms with E-state index in [4.69, 9.17) is 4.74 Å². The predicted molar refractivity (Wildman–Crippen MR) is 104 cm³/mol. The zero-order valence-electron chi connectivity index (χ0n) is 14.5. The van der Waals surface area contributed by atoms with Gasteiger partial charge in [-0.2, -0.15) is 0 Å². The lowest BCUT2D eigenvalue weighted by Crippen LogP contribution is -1.93. The third kappa shape index (κ3) is 3.20. The van der Waals surface area contributed by atoms with Crippen LogP contribution in [-0.4, -0.2) is 22.0 Å². The molecule has 0 unspecified atom stereocenters. The number of nitro benzene ring substituents is 1. The van der Waals surface area contributed by atoms with E-state index in [-0.39, 0.29) is 5.69 Å². The van der Waals surface area contributed by atoms with Crippen LogP contribution in [0.5, 0.6) is 5.75 Å². The Labute approximate surface area is 155 Å². The Morgan fingerprint density at radius 1 is 0.963 bits per heavy atom. The standard InChI is InChI=1S/C21H15N3O3/c1-27-17-10-6-14(7-11-17)18-13-20(23-19-3-2-12-22-21(18)19)15-4-8-16(9-5-15)24(25)26/h2-13H,1H3. The van der Waals surface area contributed by atoms with Crippen molar-refractivity contribution in [3.63, 3.8) is 0 Å². The molecule has 2 aromatic carbocycles. The number of nitro groups is 1. The number of non-ortho nitro benzene ring substituents is 1. The SMILES string of the molecule is COc1ccc(-c2cc(-c3ccc([N+](=O)[O-])cc3)nc3cccnc23)cc1. The Hall–Kier alpha value is -3.80.